The number of methoxy groups -OCH3 is 2. The first kappa shape index (κ1) is 65.6. The van der Waals surface area contributed by atoms with Crippen LogP contribution in [0.15, 0.2) is 95.0 Å². The lowest BCUT2D eigenvalue weighted by atomic mass is 9.92. The number of hydrogen-bond acceptors (Lipinski definition) is 23. The Bertz CT molecular complexity index is 3720. The van der Waals surface area contributed by atoms with Crippen LogP contribution in [0.25, 0.3) is 33.7 Å². The van der Waals surface area contributed by atoms with Gasteiger partial charge in [0.1, 0.15) is 36.6 Å². The molecule has 27 nitrogen and oxygen atoms in total. The van der Waals surface area contributed by atoms with E-state index >= 15 is 0 Å². The van der Waals surface area contributed by atoms with Gasteiger partial charge in [-0.3, -0.25) is 4.90 Å². The van der Waals surface area contributed by atoms with Gasteiger partial charge in [0, 0.05) is 102 Å². The molecule has 88 heavy (non-hydrogen) atoms. The van der Waals surface area contributed by atoms with Crippen molar-refractivity contribution in [1.29, 1.82) is 10.5 Å². The summed E-state index contributed by atoms with van der Waals surface area (Å²) in [5.41, 5.74) is 3.89. The van der Waals surface area contributed by atoms with Crippen molar-refractivity contribution in [2.45, 2.75) is 89.2 Å². The number of nitrogens with one attached hydrogen (secondary N) is 3. The lowest BCUT2D eigenvalue weighted by Gasteiger charge is -2.40. The molecule has 4 aliphatic heterocycles. The number of rotatable bonds is 21. The van der Waals surface area contributed by atoms with Gasteiger partial charge in [-0.25, -0.2) is 35.6 Å². The predicted octanol–water partition coefficient (Wildman–Crippen LogP) is 1.79. The van der Waals surface area contributed by atoms with Gasteiger partial charge in [-0.2, -0.15) is 10.5 Å². The number of hydrogen-bond donors (Lipinski definition) is 7. The van der Waals surface area contributed by atoms with Crippen molar-refractivity contribution in [3.8, 4) is 12.1 Å². The maximum atomic E-state index is 13.0. The Morgan fingerprint density at radius 3 is 1.60 bits per heavy atom. The average molecular weight is 1250 g/mol. The zero-order chi connectivity index (χ0) is 62.7. The van der Waals surface area contributed by atoms with Crippen molar-refractivity contribution in [3.05, 3.63) is 118 Å². The van der Waals surface area contributed by atoms with Crippen LogP contribution >= 0.6 is 0 Å². The van der Waals surface area contributed by atoms with Crippen LogP contribution in [0, 0.1) is 34.5 Å². The van der Waals surface area contributed by atoms with Crippen LogP contribution in [0.5, 0.6) is 0 Å². The molecule has 4 fully saturated rings. The van der Waals surface area contributed by atoms with Gasteiger partial charge in [0.2, 0.25) is 0 Å². The van der Waals surface area contributed by atoms with Crippen LogP contribution in [-0.4, -0.2) is 213 Å². The van der Waals surface area contributed by atoms with Gasteiger partial charge in [0.25, 0.3) is 20.0 Å². The first-order valence-corrected chi connectivity index (χ1v) is 31.9. The van der Waals surface area contributed by atoms with Gasteiger partial charge in [-0.1, -0.05) is 60.7 Å². The molecule has 29 heteroatoms. The minimum Gasteiger partial charge on any atom is -0.390 e. The number of nitrogens with zero attached hydrogens (tertiary/aromatic N) is 11. The fraction of sp³-hybridized carbons (Fsp3) is 0.492. The van der Waals surface area contributed by atoms with Crippen LogP contribution in [0.1, 0.15) is 36.4 Å². The summed E-state index contributed by atoms with van der Waals surface area (Å²) >= 11 is 0. The zero-order valence-electron chi connectivity index (χ0n) is 49.6. The Morgan fingerprint density at radius 2 is 1.11 bits per heavy atom. The minimum atomic E-state index is -4.16. The third kappa shape index (κ3) is 16.5. The molecule has 4 aromatic carbocycles. The summed E-state index contributed by atoms with van der Waals surface area (Å²) in [4.78, 5) is 6.15. The molecular weight excluding hydrogens is 1180 g/mol. The van der Waals surface area contributed by atoms with Crippen molar-refractivity contribution in [1.82, 2.24) is 49.2 Å². The van der Waals surface area contributed by atoms with Crippen LogP contribution < -0.4 is 19.7 Å². The molecule has 6 heterocycles. The van der Waals surface area contributed by atoms with E-state index < -0.39 is 90.9 Å². The number of nitriles is 2. The normalized spacial score (nSPS) is 25.2. The fourth-order valence-electron chi connectivity index (χ4n) is 10.8. The lowest BCUT2D eigenvalue weighted by molar-refractivity contribution is -0.272. The number of morpholine rings is 1. The molecule has 7 N–H and O–H groups in total. The molecule has 0 aliphatic carbocycles. The van der Waals surface area contributed by atoms with Crippen LogP contribution in [0.4, 0.5) is 11.4 Å². The standard InChI is InChI=1S/C30H39N7O7S.C29H37N7O6S/c1-20-28(38)29(39)27(44-30(20)42-2)19-37-18-25(34-35-37)17-33-45(40,41)26(16-31)14-21-3-4-23-15-24(6-5-22(23)13-21)32-7-8-36-9-11-43-12-10-36;1-19-27(37)28(38)26(42-29(19)41-3)18-36-17-23(32-33-36)16-31-43(39,40)25(15-30)13-20-4-5-22-14-24(7-6-21(22)12-20)35-10-8-34(2)9-11-35/h3-6,13-15,18,20,27-30,32-33,38-39H,7-12,17,19H2,1-2H3;4-7,12-14,17,19,26-29,31,37-38H,8-11,16,18H2,1-3H3/b26-14+;25-13+/t20-,27-,28-,29-,30+;19-,26-,27-,28-,29+/m11/s1. The Labute approximate surface area is 511 Å². The maximum Gasteiger partial charge on any atom is 0.251 e. The number of piperazine rings is 1. The number of ether oxygens (including phenoxy) is 5. The van der Waals surface area contributed by atoms with E-state index in [4.69, 9.17) is 23.7 Å². The number of aliphatic hydroxyl groups excluding tert-OH is 4. The molecule has 472 valence electrons. The fourth-order valence-corrected chi connectivity index (χ4v) is 12.6. The Kier molecular flexibility index (Phi) is 22.1. The quantitative estimate of drug-likeness (QED) is 0.0505. The average Bonchev–Trinajstić information content (AvgIpc) is 1.98. The number of likely N-dealkylation sites (N-methyl/N-ethyl adjacent to an activating group) is 1. The second-order valence-corrected chi connectivity index (χ2v) is 25.7. The number of sulfonamides is 2. The molecule has 10 rings (SSSR count). The summed E-state index contributed by atoms with van der Waals surface area (Å²) in [6.07, 6.45) is -1.78. The molecule has 6 aromatic rings. The third-order valence-electron chi connectivity index (χ3n) is 16.1. The maximum absolute atomic E-state index is 13.0. The van der Waals surface area contributed by atoms with Gasteiger partial charge in [-0.05, 0) is 88.3 Å². The van der Waals surface area contributed by atoms with Crippen molar-refractivity contribution >= 4 is 65.1 Å². The molecule has 10 atom stereocenters. The number of anilines is 2. The number of benzene rings is 4. The highest BCUT2D eigenvalue weighted by Crippen LogP contribution is 2.30. The minimum absolute atomic E-state index is 0.0574. The number of aromatic nitrogens is 6. The summed E-state index contributed by atoms with van der Waals surface area (Å²) in [5, 5.41) is 84.0. The second kappa shape index (κ2) is 29.6. The molecule has 0 unspecified atom stereocenters. The molecule has 0 amide bonds. The van der Waals surface area contributed by atoms with Gasteiger partial charge in [0.05, 0.1) is 63.0 Å². The smallest absolute Gasteiger partial charge is 0.251 e. The van der Waals surface area contributed by atoms with Crippen LogP contribution in [-0.2, 0) is 69.9 Å². The highest BCUT2D eigenvalue weighted by Gasteiger charge is 2.44. The largest absolute Gasteiger partial charge is 0.390 e. The van der Waals surface area contributed by atoms with Crippen LogP contribution in [0.2, 0.25) is 0 Å². The zero-order valence-corrected chi connectivity index (χ0v) is 51.2. The van der Waals surface area contributed by atoms with Crippen molar-refractivity contribution < 1.29 is 60.9 Å². The summed E-state index contributed by atoms with van der Waals surface area (Å²) in [7, 11) is -3.28. The molecule has 0 radical (unpaired) electrons. The third-order valence-corrected chi connectivity index (χ3v) is 18.7. The van der Waals surface area contributed by atoms with Crippen molar-refractivity contribution in [3.63, 3.8) is 0 Å². The van der Waals surface area contributed by atoms with Gasteiger partial charge < -0.3 is 59.2 Å². The molecule has 4 aliphatic rings. The monoisotopic (exact) mass is 1250 g/mol. The molecule has 4 saturated heterocycles. The lowest BCUT2D eigenvalue weighted by Crippen LogP contribution is -2.55. The predicted molar refractivity (Wildman–Crippen MR) is 326 cm³/mol. The van der Waals surface area contributed by atoms with Gasteiger partial charge >= 0.3 is 0 Å². The molecule has 0 spiro atoms. The van der Waals surface area contributed by atoms with E-state index in [0.717, 1.165) is 98.5 Å². The molecule has 0 bridgehead atoms. The summed E-state index contributed by atoms with van der Waals surface area (Å²) in [6.45, 7) is 12.3. The summed E-state index contributed by atoms with van der Waals surface area (Å²) in [5.74, 6) is -0.848. The summed E-state index contributed by atoms with van der Waals surface area (Å²) in [6, 6.07) is 26.8. The van der Waals surface area contributed by atoms with E-state index in [1.807, 2.05) is 48.5 Å². The Morgan fingerprint density at radius 1 is 0.648 bits per heavy atom. The Hall–Kier alpha value is -6.88. The topological polar surface area (TPSA) is 350 Å². The van der Waals surface area contributed by atoms with E-state index in [9.17, 15) is 47.8 Å². The first-order valence-electron chi connectivity index (χ1n) is 28.9. The Balaban J connectivity index is 0.000000210. The number of fused-ring (bicyclic) bond motifs is 2. The highest BCUT2D eigenvalue weighted by atomic mass is 32.2. The second-order valence-electron chi connectivity index (χ2n) is 22.3. The molecule has 0 saturated carbocycles. The van der Waals surface area contributed by atoms with E-state index in [-0.39, 0.29) is 26.2 Å². The summed E-state index contributed by atoms with van der Waals surface area (Å²) < 4.78 is 86.9. The number of aliphatic hydroxyl groups is 4. The van der Waals surface area contributed by atoms with E-state index in [2.05, 4.69) is 69.3 Å². The molecule has 2 aromatic heterocycles. The van der Waals surface area contributed by atoms with Gasteiger partial charge in [-0.15, -0.1) is 10.2 Å². The molecular formula is C59H76N14O13S2. The van der Waals surface area contributed by atoms with E-state index in [0.29, 0.717) is 22.5 Å². The SMILES string of the molecule is CO[C@H]1O[C@H](Cn2cc(CNS(=O)(=O)/C(C#N)=C/c3ccc4cc(N5CCN(C)CC5)ccc4c3)nn2)[C@@H](O)[C@H](O)[C@H]1C.CO[C@H]1O[C@H](Cn2cc(CNS(=O)(=O)/C(C#N)=C/c3ccc4cc(NCCN5CCOCC5)ccc4c3)nn2)[C@@H](O)[C@H](O)[C@H]1C. The first-order chi connectivity index (χ1) is 42.2. The van der Waals surface area contributed by atoms with Crippen LogP contribution in [0.3, 0.4) is 0 Å². The highest BCUT2D eigenvalue weighted by molar-refractivity contribution is 7.94. The van der Waals surface area contributed by atoms with Crippen molar-refractivity contribution in [2.24, 2.45) is 11.8 Å². The van der Waals surface area contributed by atoms with E-state index in [1.165, 1.54) is 48.1 Å². The van der Waals surface area contributed by atoms with E-state index in [1.54, 1.807) is 38.1 Å². The van der Waals surface area contributed by atoms with Crippen molar-refractivity contribution in [2.75, 3.05) is 97.1 Å². The number of allylic oxidation sites excluding steroid dienone is 2. The van der Waals surface area contributed by atoms with Gasteiger partial charge in [0.15, 0.2) is 22.4 Å².